The van der Waals surface area contributed by atoms with Crippen molar-refractivity contribution in [2.24, 2.45) is 5.41 Å². The maximum Gasteiger partial charge on any atom is 0.226 e. The van der Waals surface area contributed by atoms with Crippen LogP contribution in [0.4, 0.5) is 5.95 Å². The monoisotopic (exact) mass is 353 g/mol. The van der Waals surface area contributed by atoms with Crippen LogP contribution in [-0.4, -0.2) is 37.2 Å². The van der Waals surface area contributed by atoms with E-state index in [1.165, 1.54) is 0 Å². The summed E-state index contributed by atoms with van der Waals surface area (Å²) in [5.74, 6) is 1.47. The van der Waals surface area contributed by atoms with E-state index in [-0.39, 0.29) is 23.8 Å². The molecule has 0 aromatic carbocycles. The van der Waals surface area contributed by atoms with Crippen LogP contribution in [0.2, 0.25) is 0 Å². The van der Waals surface area contributed by atoms with Crippen molar-refractivity contribution in [2.45, 2.75) is 45.6 Å². The van der Waals surface area contributed by atoms with Crippen molar-refractivity contribution in [1.82, 2.24) is 19.7 Å². The molecule has 2 aromatic heterocycles. The van der Waals surface area contributed by atoms with Crippen LogP contribution in [0, 0.1) is 5.41 Å². The maximum absolute atomic E-state index is 13.0. The molecule has 1 aliphatic carbocycles. The molecule has 1 atom stereocenters. The lowest BCUT2D eigenvalue weighted by Gasteiger charge is -2.38. The van der Waals surface area contributed by atoms with Crippen LogP contribution in [0.15, 0.2) is 35.8 Å². The number of ketones is 1. The lowest BCUT2D eigenvalue weighted by atomic mass is 9.73. The van der Waals surface area contributed by atoms with E-state index in [0.29, 0.717) is 31.0 Å². The van der Waals surface area contributed by atoms with Crippen LogP contribution < -0.4 is 5.32 Å². The van der Waals surface area contributed by atoms with E-state index in [1.807, 2.05) is 12.1 Å². The SMILES string of the molecule is CC1(C)CC(=O)C2=C(C1)Nc1nc(CCCO)nn1C2c1cccnc1. The van der Waals surface area contributed by atoms with Gasteiger partial charge in [-0.2, -0.15) is 10.1 Å². The first-order chi connectivity index (χ1) is 12.5. The summed E-state index contributed by atoms with van der Waals surface area (Å²) >= 11 is 0. The number of aryl methyl sites for hydroxylation is 1. The molecule has 3 heterocycles. The molecule has 7 heteroatoms. The summed E-state index contributed by atoms with van der Waals surface area (Å²) in [4.78, 5) is 21.8. The van der Waals surface area contributed by atoms with Crippen molar-refractivity contribution in [1.29, 1.82) is 0 Å². The van der Waals surface area contributed by atoms with Crippen molar-refractivity contribution >= 4 is 11.7 Å². The van der Waals surface area contributed by atoms with Crippen molar-refractivity contribution in [3.8, 4) is 0 Å². The molecular weight excluding hydrogens is 330 g/mol. The number of hydrogen-bond acceptors (Lipinski definition) is 6. The highest BCUT2D eigenvalue weighted by Gasteiger charge is 2.41. The number of aliphatic hydroxyl groups excluding tert-OH is 1. The van der Waals surface area contributed by atoms with Crippen LogP contribution >= 0.6 is 0 Å². The fourth-order valence-corrected chi connectivity index (χ4v) is 3.84. The molecule has 2 aliphatic rings. The fraction of sp³-hybridized carbons (Fsp3) is 0.474. The Labute approximate surface area is 152 Å². The van der Waals surface area contributed by atoms with Gasteiger partial charge in [0.1, 0.15) is 6.04 Å². The second-order valence-electron chi connectivity index (χ2n) is 7.77. The molecule has 0 saturated carbocycles. The van der Waals surface area contributed by atoms with E-state index < -0.39 is 0 Å². The van der Waals surface area contributed by atoms with E-state index in [0.717, 1.165) is 23.3 Å². The molecule has 2 N–H and O–H groups in total. The third-order valence-corrected chi connectivity index (χ3v) is 4.93. The summed E-state index contributed by atoms with van der Waals surface area (Å²) in [6.45, 7) is 4.33. The van der Waals surface area contributed by atoms with Crippen molar-refractivity contribution in [2.75, 3.05) is 11.9 Å². The minimum Gasteiger partial charge on any atom is -0.396 e. The van der Waals surface area contributed by atoms with E-state index in [1.54, 1.807) is 17.1 Å². The maximum atomic E-state index is 13.0. The summed E-state index contributed by atoms with van der Waals surface area (Å²) < 4.78 is 1.79. The van der Waals surface area contributed by atoms with E-state index >= 15 is 0 Å². The van der Waals surface area contributed by atoms with E-state index in [4.69, 9.17) is 5.11 Å². The fourth-order valence-electron chi connectivity index (χ4n) is 3.84. The topological polar surface area (TPSA) is 92.9 Å². The van der Waals surface area contributed by atoms with Gasteiger partial charge >= 0.3 is 0 Å². The first kappa shape index (κ1) is 16.9. The first-order valence-electron chi connectivity index (χ1n) is 8.98. The number of rotatable bonds is 4. The Morgan fingerprint density at radius 3 is 2.96 bits per heavy atom. The predicted octanol–water partition coefficient (Wildman–Crippen LogP) is 2.26. The molecule has 0 saturated heterocycles. The van der Waals surface area contributed by atoms with E-state index in [9.17, 15) is 4.79 Å². The Balaban J connectivity index is 1.83. The Hall–Kier alpha value is -2.54. The molecule has 0 bridgehead atoms. The average molecular weight is 353 g/mol. The van der Waals surface area contributed by atoms with Crippen molar-refractivity contribution < 1.29 is 9.90 Å². The molecular formula is C19H23N5O2. The van der Waals surface area contributed by atoms with Crippen LogP contribution in [0.25, 0.3) is 0 Å². The highest BCUT2D eigenvalue weighted by molar-refractivity contribution is 6.00. The number of allylic oxidation sites excluding steroid dienone is 2. The molecule has 136 valence electrons. The number of Topliss-reactive ketones (excluding diaryl/α,β-unsaturated/α-hetero) is 1. The molecule has 2 aromatic rings. The summed E-state index contributed by atoms with van der Waals surface area (Å²) in [5.41, 5.74) is 2.55. The average Bonchev–Trinajstić information content (AvgIpc) is 3.00. The number of aliphatic hydroxyl groups is 1. The van der Waals surface area contributed by atoms with Gasteiger partial charge in [0.2, 0.25) is 5.95 Å². The third kappa shape index (κ3) is 2.92. The quantitative estimate of drug-likeness (QED) is 0.876. The number of nitrogens with one attached hydrogen (secondary N) is 1. The van der Waals surface area contributed by atoms with E-state index in [2.05, 4.69) is 34.2 Å². The lowest BCUT2D eigenvalue weighted by Crippen LogP contribution is -2.36. The molecule has 0 radical (unpaired) electrons. The van der Waals surface area contributed by atoms with Gasteiger partial charge in [0.05, 0.1) is 0 Å². The third-order valence-electron chi connectivity index (χ3n) is 4.93. The van der Waals surface area contributed by atoms with Crippen LogP contribution in [0.3, 0.4) is 0 Å². The Bertz CT molecular complexity index is 869. The largest absolute Gasteiger partial charge is 0.396 e. The number of fused-ring (bicyclic) bond motifs is 1. The highest BCUT2D eigenvalue weighted by atomic mass is 16.3. The normalized spacial score (nSPS) is 21.2. The number of nitrogens with zero attached hydrogens (tertiary/aromatic N) is 4. The van der Waals surface area contributed by atoms with Gasteiger partial charge in [-0.15, -0.1) is 0 Å². The second-order valence-corrected chi connectivity index (χ2v) is 7.77. The number of anilines is 1. The van der Waals surface area contributed by atoms with Gasteiger partial charge in [0.15, 0.2) is 11.6 Å². The van der Waals surface area contributed by atoms with Gasteiger partial charge in [-0.05, 0) is 29.9 Å². The van der Waals surface area contributed by atoms with Gasteiger partial charge in [0.25, 0.3) is 0 Å². The van der Waals surface area contributed by atoms with Crippen LogP contribution in [0.1, 0.15) is 50.5 Å². The smallest absolute Gasteiger partial charge is 0.226 e. The number of hydrogen-bond donors (Lipinski definition) is 2. The van der Waals surface area contributed by atoms with Gasteiger partial charge in [-0.25, -0.2) is 4.68 Å². The molecule has 0 spiro atoms. The molecule has 7 nitrogen and oxygen atoms in total. The number of carbonyl (C=O) groups excluding carboxylic acids is 1. The Kier molecular flexibility index (Phi) is 4.11. The summed E-state index contributed by atoms with van der Waals surface area (Å²) in [5, 5.41) is 17.1. The van der Waals surface area contributed by atoms with Gasteiger partial charge in [-0.1, -0.05) is 19.9 Å². The number of carbonyl (C=O) groups is 1. The predicted molar refractivity (Wildman–Crippen MR) is 96.5 cm³/mol. The molecule has 1 unspecified atom stereocenters. The van der Waals surface area contributed by atoms with Crippen LogP contribution in [0.5, 0.6) is 0 Å². The molecule has 0 fully saturated rings. The lowest BCUT2D eigenvalue weighted by molar-refractivity contribution is -0.118. The summed E-state index contributed by atoms with van der Waals surface area (Å²) in [7, 11) is 0. The first-order valence-corrected chi connectivity index (χ1v) is 8.98. The molecule has 0 amide bonds. The summed E-state index contributed by atoms with van der Waals surface area (Å²) in [6, 6.07) is 3.53. The van der Waals surface area contributed by atoms with Crippen LogP contribution in [-0.2, 0) is 11.2 Å². The summed E-state index contributed by atoms with van der Waals surface area (Å²) in [6.07, 6.45) is 6.03. The Morgan fingerprint density at radius 2 is 2.23 bits per heavy atom. The second kappa shape index (κ2) is 6.32. The van der Waals surface area contributed by atoms with Crippen molar-refractivity contribution in [3.05, 3.63) is 47.2 Å². The molecule has 4 rings (SSSR count). The highest BCUT2D eigenvalue weighted by Crippen LogP contribution is 2.45. The molecule has 26 heavy (non-hydrogen) atoms. The van der Waals surface area contributed by atoms with Gasteiger partial charge in [0, 0.05) is 43.1 Å². The Morgan fingerprint density at radius 1 is 1.38 bits per heavy atom. The van der Waals surface area contributed by atoms with Gasteiger partial charge < -0.3 is 10.4 Å². The number of pyridine rings is 1. The molecule has 1 aliphatic heterocycles. The van der Waals surface area contributed by atoms with Gasteiger partial charge in [-0.3, -0.25) is 9.78 Å². The number of aromatic nitrogens is 4. The minimum absolute atomic E-state index is 0.0791. The minimum atomic E-state index is -0.311. The zero-order valence-corrected chi connectivity index (χ0v) is 15.1. The van der Waals surface area contributed by atoms with Crippen molar-refractivity contribution in [3.63, 3.8) is 0 Å². The zero-order valence-electron chi connectivity index (χ0n) is 15.1. The standard InChI is InChI=1S/C19H23N5O2/c1-19(2)9-13-16(14(26)10-19)17(12-5-3-7-20-11-12)24-18(21-13)22-15(23-24)6-4-8-25/h3,5,7,11,17,25H,4,6,8-10H2,1-2H3,(H,21,22,23). The zero-order chi connectivity index (χ0) is 18.3.